The van der Waals surface area contributed by atoms with E-state index in [0.717, 1.165) is 5.56 Å². The maximum atomic E-state index is 11.3. The van der Waals surface area contributed by atoms with Crippen LogP contribution in [0.1, 0.15) is 16.7 Å². The Bertz CT molecular complexity index is 1380. The normalized spacial score (nSPS) is 11.5. The number of rotatable bonds is 4. The summed E-state index contributed by atoms with van der Waals surface area (Å²) in [6, 6.07) is 12.3. The fraction of sp³-hybridized carbons (Fsp3) is 0.0909. The molecule has 4 rings (SSSR count). The number of phenols is 1. The molecule has 0 bridgehead atoms. The summed E-state index contributed by atoms with van der Waals surface area (Å²) in [5.74, 6) is -0.0491. The molecule has 0 aliphatic carbocycles. The second-order valence-electron chi connectivity index (χ2n) is 6.87. The molecule has 0 saturated heterocycles. The second kappa shape index (κ2) is 8.02. The molecule has 0 aliphatic rings. The monoisotopic (exact) mass is 455 g/mol. The minimum Gasteiger partial charge on any atom is -0.502 e. The Hall–Kier alpha value is -3.42. The molecule has 0 spiro atoms. The number of nitro benzene ring substituents is 1. The van der Waals surface area contributed by atoms with Crippen molar-refractivity contribution in [2.24, 2.45) is 4.99 Å². The summed E-state index contributed by atoms with van der Waals surface area (Å²) in [5, 5.41) is 22.5. The van der Waals surface area contributed by atoms with Gasteiger partial charge >= 0.3 is 5.69 Å². The number of fused-ring (bicyclic) bond motifs is 1. The smallest absolute Gasteiger partial charge is 0.315 e. The van der Waals surface area contributed by atoms with E-state index >= 15 is 0 Å². The van der Waals surface area contributed by atoms with Crippen molar-refractivity contribution < 1.29 is 14.4 Å². The van der Waals surface area contributed by atoms with Crippen LogP contribution in [0.15, 0.2) is 51.9 Å². The number of aromatic hydroxyl groups is 1. The van der Waals surface area contributed by atoms with Gasteiger partial charge in [-0.15, -0.1) is 0 Å². The number of aromatic nitrogens is 1. The number of halogens is 2. The Labute approximate surface area is 186 Å². The van der Waals surface area contributed by atoms with Gasteiger partial charge in [-0.2, -0.15) is 0 Å². The zero-order chi connectivity index (χ0) is 22.3. The molecule has 1 N–H and O–H groups in total. The van der Waals surface area contributed by atoms with E-state index in [9.17, 15) is 15.2 Å². The lowest BCUT2D eigenvalue weighted by Gasteiger charge is -2.10. The third-order valence-corrected chi connectivity index (χ3v) is 5.67. The zero-order valence-corrected chi connectivity index (χ0v) is 17.9. The van der Waals surface area contributed by atoms with E-state index in [1.807, 2.05) is 12.1 Å². The molecule has 1 aromatic heterocycles. The van der Waals surface area contributed by atoms with Gasteiger partial charge in [0.1, 0.15) is 5.52 Å². The largest absolute Gasteiger partial charge is 0.502 e. The summed E-state index contributed by atoms with van der Waals surface area (Å²) in [5.41, 5.74) is 2.87. The summed E-state index contributed by atoms with van der Waals surface area (Å²) in [7, 11) is 0. The zero-order valence-electron chi connectivity index (χ0n) is 16.4. The molecule has 156 valence electrons. The van der Waals surface area contributed by atoms with Crippen molar-refractivity contribution >= 4 is 51.9 Å². The van der Waals surface area contributed by atoms with Crippen molar-refractivity contribution in [2.45, 2.75) is 13.8 Å². The highest BCUT2D eigenvalue weighted by Crippen LogP contribution is 2.40. The predicted octanol–water partition coefficient (Wildman–Crippen LogP) is 6.78. The van der Waals surface area contributed by atoms with E-state index < -0.39 is 16.4 Å². The van der Waals surface area contributed by atoms with Gasteiger partial charge in [0, 0.05) is 27.9 Å². The van der Waals surface area contributed by atoms with E-state index in [0.29, 0.717) is 33.3 Å². The molecule has 0 atom stereocenters. The number of oxazole rings is 1. The van der Waals surface area contributed by atoms with Crippen LogP contribution in [0.25, 0.3) is 22.6 Å². The average molecular weight is 456 g/mol. The van der Waals surface area contributed by atoms with Crippen LogP contribution in [0.3, 0.4) is 0 Å². The van der Waals surface area contributed by atoms with Gasteiger partial charge < -0.3 is 9.52 Å². The first-order valence-corrected chi connectivity index (χ1v) is 9.88. The molecule has 31 heavy (non-hydrogen) atoms. The van der Waals surface area contributed by atoms with Gasteiger partial charge in [-0.05, 0) is 55.8 Å². The fourth-order valence-corrected chi connectivity index (χ4v) is 3.63. The van der Waals surface area contributed by atoms with Crippen molar-refractivity contribution in [1.82, 2.24) is 4.98 Å². The Morgan fingerprint density at radius 3 is 2.65 bits per heavy atom. The summed E-state index contributed by atoms with van der Waals surface area (Å²) in [6.45, 7) is 3.16. The van der Waals surface area contributed by atoms with Crippen molar-refractivity contribution in [3.05, 3.63) is 79.3 Å². The summed E-state index contributed by atoms with van der Waals surface area (Å²) >= 11 is 12.3. The maximum absolute atomic E-state index is 11.3. The molecule has 4 aromatic rings. The van der Waals surface area contributed by atoms with Crippen LogP contribution in [-0.2, 0) is 0 Å². The molecule has 1 heterocycles. The highest BCUT2D eigenvalue weighted by atomic mass is 35.5. The molecule has 0 amide bonds. The van der Waals surface area contributed by atoms with E-state index in [-0.39, 0.29) is 16.1 Å². The number of phenolic OH excluding ortho intramolecular Hbond substituents is 1. The summed E-state index contributed by atoms with van der Waals surface area (Å²) in [6.07, 6.45) is 1.35. The standard InChI is InChI=1S/C22H15Cl2N3O4/c1-11-16(21(28)20(27(29)30)12(2)19(11)24)10-25-15-6-7-18-17(9-15)26-22(31-18)13-4-3-5-14(23)8-13/h3-10,28H,1-2H3. The number of nitro groups is 1. The van der Waals surface area contributed by atoms with Gasteiger partial charge in [-0.3, -0.25) is 15.1 Å². The van der Waals surface area contributed by atoms with Gasteiger partial charge in [-0.1, -0.05) is 29.3 Å². The lowest BCUT2D eigenvalue weighted by atomic mass is 10.0. The highest BCUT2D eigenvalue weighted by molar-refractivity contribution is 6.33. The van der Waals surface area contributed by atoms with Crippen molar-refractivity contribution in [3.8, 4) is 17.2 Å². The van der Waals surface area contributed by atoms with Crippen LogP contribution in [0.2, 0.25) is 10.0 Å². The molecule has 0 radical (unpaired) electrons. The molecule has 7 nitrogen and oxygen atoms in total. The lowest BCUT2D eigenvalue weighted by Crippen LogP contribution is -1.99. The second-order valence-corrected chi connectivity index (χ2v) is 7.69. The first-order valence-electron chi connectivity index (χ1n) is 9.13. The minimum atomic E-state index is -0.661. The molecular formula is C22H15Cl2N3O4. The average Bonchev–Trinajstić information content (AvgIpc) is 3.15. The SMILES string of the molecule is Cc1c(Cl)c(C)c([N+](=O)[O-])c(O)c1C=Nc1ccc2oc(-c3cccc(Cl)c3)nc2c1. The number of hydrogen-bond acceptors (Lipinski definition) is 6. The summed E-state index contributed by atoms with van der Waals surface area (Å²) < 4.78 is 5.78. The Morgan fingerprint density at radius 2 is 1.94 bits per heavy atom. The number of hydrogen-bond donors (Lipinski definition) is 1. The minimum absolute atomic E-state index is 0.183. The van der Waals surface area contributed by atoms with Gasteiger partial charge in [0.05, 0.1) is 15.6 Å². The summed E-state index contributed by atoms with van der Waals surface area (Å²) in [4.78, 5) is 19.5. The van der Waals surface area contributed by atoms with E-state index in [1.54, 1.807) is 37.3 Å². The van der Waals surface area contributed by atoms with Crippen molar-refractivity contribution in [1.29, 1.82) is 0 Å². The fourth-order valence-electron chi connectivity index (χ4n) is 3.25. The lowest BCUT2D eigenvalue weighted by molar-refractivity contribution is -0.386. The molecule has 3 aromatic carbocycles. The van der Waals surface area contributed by atoms with Crippen LogP contribution < -0.4 is 0 Å². The van der Waals surface area contributed by atoms with Gasteiger partial charge in [0.2, 0.25) is 11.6 Å². The van der Waals surface area contributed by atoms with Gasteiger partial charge in [0.25, 0.3) is 0 Å². The maximum Gasteiger partial charge on any atom is 0.315 e. The molecule has 9 heteroatoms. The molecule has 0 unspecified atom stereocenters. The van der Waals surface area contributed by atoms with Crippen molar-refractivity contribution in [3.63, 3.8) is 0 Å². The van der Waals surface area contributed by atoms with Gasteiger partial charge in [0.15, 0.2) is 5.58 Å². The van der Waals surface area contributed by atoms with Crippen LogP contribution in [0, 0.1) is 24.0 Å². The highest BCUT2D eigenvalue weighted by Gasteiger charge is 2.25. The molecular weight excluding hydrogens is 441 g/mol. The first-order chi connectivity index (χ1) is 14.8. The quantitative estimate of drug-likeness (QED) is 0.207. The number of aliphatic imine (C=N–C) groups is 1. The van der Waals surface area contributed by atoms with Crippen LogP contribution in [0.5, 0.6) is 5.75 Å². The topological polar surface area (TPSA) is 102 Å². The van der Waals surface area contributed by atoms with Crippen LogP contribution >= 0.6 is 23.2 Å². The Kier molecular flexibility index (Phi) is 5.39. The Morgan fingerprint density at radius 1 is 1.16 bits per heavy atom. The van der Waals surface area contributed by atoms with Crippen LogP contribution in [0.4, 0.5) is 11.4 Å². The van der Waals surface area contributed by atoms with E-state index in [2.05, 4.69) is 9.98 Å². The van der Waals surface area contributed by atoms with E-state index in [1.165, 1.54) is 13.1 Å². The molecule has 0 fully saturated rings. The van der Waals surface area contributed by atoms with Crippen LogP contribution in [-0.4, -0.2) is 21.2 Å². The Balaban J connectivity index is 1.73. The number of benzene rings is 3. The third-order valence-electron chi connectivity index (χ3n) is 4.87. The van der Waals surface area contributed by atoms with E-state index in [4.69, 9.17) is 27.6 Å². The van der Waals surface area contributed by atoms with Gasteiger partial charge in [-0.25, -0.2) is 4.98 Å². The third kappa shape index (κ3) is 3.85. The molecule has 0 aliphatic heterocycles. The first kappa shape index (κ1) is 20.8. The predicted molar refractivity (Wildman–Crippen MR) is 121 cm³/mol. The molecule has 0 saturated carbocycles. The number of nitrogens with zero attached hydrogens (tertiary/aromatic N) is 3. The van der Waals surface area contributed by atoms with Crippen molar-refractivity contribution in [2.75, 3.05) is 0 Å².